The lowest BCUT2D eigenvalue weighted by molar-refractivity contribution is 0.102. The summed E-state index contributed by atoms with van der Waals surface area (Å²) in [5, 5.41) is 11.7. The average Bonchev–Trinajstić information content (AvgIpc) is 3.09. The largest absolute Gasteiger partial charge is 0.465 e. The van der Waals surface area contributed by atoms with Gasteiger partial charge >= 0.3 is 6.09 Å². The van der Waals surface area contributed by atoms with E-state index in [1.54, 1.807) is 35.9 Å². The number of halogens is 1. The Bertz CT molecular complexity index is 1070. The van der Waals surface area contributed by atoms with Gasteiger partial charge in [0, 0.05) is 55.9 Å². The van der Waals surface area contributed by atoms with Crippen molar-refractivity contribution in [1.29, 1.82) is 0 Å². The zero-order valence-electron chi connectivity index (χ0n) is 15.8. The summed E-state index contributed by atoms with van der Waals surface area (Å²) in [5.74, 6) is -0.852. The third-order valence-corrected chi connectivity index (χ3v) is 4.93. The van der Waals surface area contributed by atoms with E-state index in [2.05, 4.69) is 15.2 Å². The van der Waals surface area contributed by atoms with Gasteiger partial charge in [-0.1, -0.05) is 0 Å². The van der Waals surface area contributed by atoms with Gasteiger partial charge < -0.3 is 24.6 Å². The van der Waals surface area contributed by atoms with Crippen molar-refractivity contribution in [3.8, 4) is 0 Å². The molecule has 0 saturated carbocycles. The number of amides is 2. The Balaban J connectivity index is 1.44. The molecule has 2 amide bonds. The second-order valence-corrected chi connectivity index (χ2v) is 6.95. The van der Waals surface area contributed by atoms with Crippen LogP contribution in [0.3, 0.4) is 0 Å². The lowest BCUT2D eigenvalue weighted by Crippen LogP contribution is -2.48. The van der Waals surface area contributed by atoms with Gasteiger partial charge in [-0.05, 0) is 31.2 Å². The Morgan fingerprint density at radius 2 is 1.79 bits per heavy atom. The summed E-state index contributed by atoms with van der Waals surface area (Å²) in [4.78, 5) is 31.1. The van der Waals surface area contributed by atoms with E-state index in [0.29, 0.717) is 43.1 Å². The maximum atomic E-state index is 14.2. The number of piperazine rings is 1. The van der Waals surface area contributed by atoms with Crippen LogP contribution >= 0.6 is 0 Å². The van der Waals surface area contributed by atoms with Crippen molar-refractivity contribution in [2.45, 2.75) is 6.92 Å². The molecule has 0 bridgehead atoms. The number of rotatable bonds is 3. The number of aromatic nitrogens is 2. The molecule has 0 atom stereocenters. The minimum Gasteiger partial charge on any atom is -0.465 e. The number of nitrogens with one attached hydrogen (secondary N) is 1. The van der Waals surface area contributed by atoms with Crippen LogP contribution in [0.1, 0.15) is 16.1 Å². The molecule has 2 N–H and O–H groups in total. The van der Waals surface area contributed by atoms with Crippen molar-refractivity contribution in [1.82, 2.24) is 14.3 Å². The number of hydrogen-bond donors (Lipinski definition) is 2. The molecule has 8 nitrogen and oxygen atoms in total. The molecule has 150 valence electrons. The van der Waals surface area contributed by atoms with Crippen LogP contribution in [0.2, 0.25) is 0 Å². The van der Waals surface area contributed by atoms with Gasteiger partial charge in [-0.2, -0.15) is 0 Å². The Morgan fingerprint density at radius 3 is 2.45 bits per heavy atom. The highest BCUT2D eigenvalue weighted by Crippen LogP contribution is 2.20. The summed E-state index contributed by atoms with van der Waals surface area (Å²) in [6.07, 6.45) is 2.40. The summed E-state index contributed by atoms with van der Waals surface area (Å²) in [7, 11) is 0. The molecule has 3 heterocycles. The fourth-order valence-corrected chi connectivity index (χ4v) is 3.43. The zero-order valence-corrected chi connectivity index (χ0v) is 15.8. The number of nitrogens with zero attached hydrogens (tertiary/aromatic N) is 4. The highest BCUT2D eigenvalue weighted by molar-refractivity contribution is 6.04. The van der Waals surface area contributed by atoms with Crippen LogP contribution in [-0.4, -0.2) is 57.6 Å². The van der Waals surface area contributed by atoms with Gasteiger partial charge in [0.2, 0.25) is 0 Å². The molecule has 0 unspecified atom stereocenters. The number of anilines is 2. The minimum absolute atomic E-state index is 0.216. The number of carbonyl (C=O) groups is 2. The molecular weight excluding hydrogens is 377 g/mol. The fraction of sp³-hybridized carbons (Fsp3) is 0.250. The average molecular weight is 397 g/mol. The third-order valence-electron chi connectivity index (χ3n) is 4.93. The first kappa shape index (κ1) is 18.7. The molecule has 1 saturated heterocycles. The summed E-state index contributed by atoms with van der Waals surface area (Å²) < 4.78 is 15.7. The maximum Gasteiger partial charge on any atom is 0.407 e. The summed E-state index contributed by atoms with van der Waals surface area (Å²) in [6, 6.07) is 8.30. The van der Waals surface area contributed by atoms with Gasteiger partial charge in [-0.25, -0.2) is 14.2 Å². The topological polar surface area (TPSA) is 90.2 Å². The molecule has 9 heteroatoms. The van der Waals surface area contributed by atoms with Crippen LogP contribution in [-0.2, 0) is 0 Å². The number of fused-ring (bicyclic) bond motifs is 1. The summed E-state index contributed by atoms with van der Waals surface area (Å²) >= 11 is 0. The maximum absolute atomic E-state index is 14.2. The predicted molar refractivity (Wildman–Crippen MR) is 106 cm³/mol. The lowest BCUT2D eigenvalue weighted by atomic mass is 10.1. The Morgan fingerprint density at radius 1 is 1.10 bits per heavy atom. The lowest BCUT2D eigenvalue weighted by Gasteiger charge is -2.34. The van der Waals surface area contributed by atoms with Crippen molar-refractivity contribution in [2.75, 3.05) is 36.4 Å². The minimum atomic E-state index is -0.905. The molecule has 4 rings (SSSR count). The van der Waals surface area contributed by atoms with Crippen LogP contribution in [0.4, 0.5) is 20.6 Å². The van der Waals surface area contributed by atoms with Crippen molar-refractivity contribution in [3.05, 3.63) is 59.8 Å². The van der Waals surface area contributed by atoms with E-state index in [9.17, 15) is 14.0 Å². The second kappa shape index (κ2) is 7.42. The van der Waals surface area contributed by atoms with E-state index < -0.39 is 11.9 Å². The number of benzene rings is 1. The molecule has 2 aromatic heterocycles. The van der Waals surface area contributed by atoms with E-state index in [4.69, 9.17) is 5.11 Å². The Hall–Kier alpha value is -3.62. The monoisotopic (exact) mass is 397 g/mol. The first-order valence-corrected chi connectivity index (χ1v) is 9.20. The molecule has 29 heavy (non-hydrogen) atoms. The number of aryl methyl sites for hydroxylation is 1. The Labute approximate surface area is 166 Å². The molecule has 0 aliphatic carbocycles. The predicted octanol–water partition coefficient (Wildman–Crippen LogP) is 2.83. The fourth-order valence-electron chi connectivity index (χ4n) is 3.43. The van der Waals surface area contributed by atoms with Crippen LogP contribution in [0.25, 0.3) is 5.65 Å². The van der Waals surface area contributed by atoms with E-state index in [-0.39, 0.29) is 11.6 Å². The van der Waals surface area contributed by atoms with E-state index in [1.165, 1.54) is 11.0 Å². The van der Waals surface area contributed by atoms with Crippen molar-refractivity contribution < 1.29 is 19.1 Å². The van der Waals surface area contributed by atoms with E-state index in [0.717, 1.165) is 5.69 Å². The normalized spacial score (nSPS) is 14.3. The number of carbonyl (C=O) groups excluding carboxylic acids is 1. The number of hydrogen-bond acceptors (Lipinski definition) is 4. The molecular formula is C20H20FN5O3. The standard InChI is InChI=1S/C20H20FN5O3/c1-13-11-26-12-15(10-17(21)18(26)22-13)23-19(27)14-2-4-16(5-3-14)24-6-8-25(9-7-24)20(28)29/h2-5,10-12H,6-9H2,1H3,(H,23,27)(H,28,29). The van der Waals surface area contributed by atoms with Gasteiger partial charge in [-0.15, -0.1) is 0 Å². The van der Waals surface area contributed by atoms with Gasteiger partial charge in [0.15, 0.2) is 11.5 Å². The van der Waals surface area contributed by atoms with Crippen LogP contribution < -0.4 is 10.2 Å². The molecule has 3 aromatic rings. The molecule has 0 radical (unpaired) electrons. The molecule has 1 aromatic carbocycles. The van der Waals surface area contributed by atoms with Gasteiger partial charge in [0.05, 0.1) is 11.4 Å². The van der Waals surface area contributed by atoms with Gasteiger partial charge in [-0.3, -0.25) is 4.79 Å². The second-order valence-electron chi connectivity index (χ2n) is 6.95. The third kappa shape index (κ3) is 3.84. The van der Waals surface area contributed by atoms with E-state index in [1.807, 2.05) is 12.1 Å². The zero-order chi connectivity index (χ0) is 20.5. The van der Waals surface area contributed by atoms with Crippen LogP contribution in [0.15, 0.2) is 42.7 Å². The van der Waals surface area contributed by atoms with Crippen LogP contribution in [0, 0.1) is 12.7 Å². The highest BCUT2D eigenvalue weighted by Gasteiger charge is 2.20. The Kier molecular flexibility index (Phi) is 4.79. The smallest absolute Gasteiger partial charge is 0.407 e. The summed E-state index contributed by atoms with van der Waals surface area (Å²) in [5.41, 5.74) is 2.61. The quantitative estimate of drug-likeness (QED) is 0.709. The van der Waals surface area contributed by atoms with Crippen LogP contribution in [0.5, 0.6) is 0 Å². The van der Waals surface area contributed by atoms with Gasteiger partial charge in [0.1, 0.15) is 0 Å². The number of carboxylic acid groups (broad SMARTS) is 1. The van der Waals surface area contributed by atoms with Gasteiger partial charge in [0.25, 0.3) is 5.91 Å². The molecule has 1 fully saturated rings. The van der Waals surface area contributed by atoms with Crippen molar-refractivity contribution >= 4 is 29.0 Å². The molecule has 0 spiro atoms. The van der Waals surface area contributed by atoms with Crippen molar-refractivity contribution in [3.63, 3.8) is 0 Å². The number of imidazole rings is 1. The first-order valence-electron chi connectivity index (χ1n) is 9.20. The number of pyridine rings is 1. The summed E-state index contributed by atoms with van der Waals surface area (Å²) in [6.45, 7) is 3.86. The van der Waals surface area contributed by atoms with E-state index >= 15 is 0 Å². The first-order chi connectivity index (χ1) is 13.9. The molecule has 1 aliphatic rings. The highest BCUT2D eigenvalue weighted by atomic mass is 19.1. The SMILES string of the molecule is Cc1cn2cc(NC(=O)c3ccc(N4CCN(C(=O)O)CC4)cc3)cc(F)c2n1. The van der Waals surface area contributed by atoms with Crippen molar-refractivity contribution in [2.24, 2.45) is 0 Å². The molecule has 1 aliphatic heterocycles.